The summed E-state index contributed by atoms with van der Waals surface area (Å²) in [5, 5.41) is 0. The van der Waals surface area contributed by atoms with Gasteiger partial charge in [-0.2, -0.15) is 0 Å². The minimum atomic E-state index is 0. The van der Waals surface area contributed by atoms with Gasteiger partial charge < -0.3 is 4.79 Å². The molecule has 0 amide bonds. The second-order valence-corrected chi connectivity index (χ2v) is 1.06. The van der Waals surface area contributed by atoms with Crippen LogP contribution in [0.5, 0.6) is 0 Å². The normalized spacial score (nSPS) is 6.33. The van der Waals surface area contributed by atoms with E-state index in [4.69, 9.17) is 0 Å². The van der Waals surface area contributed by atoms with E-state index >= 15 is 0 Å². The second-order valence-electron chi connectivity index (χ2n) is 1.06. The zero-order valence-electron chi connectivity index (χ0n) is 4.06. The largest absolute Gasteiger partial charge is 0.300 e. The SMILES string of the molecule is CCC(C)=O.[V]. The fourth-order valence-electron chi connectivity index (χ4n) is 0. The summed E-state index contributed by atoms with van der Waals surface area (Å²) in [4.78, 5) is 9.81. The number of Topliss-reactive ketones (excluding diaryl/α,β-unsaturated/α-hetero) is 1. The van der Waals surface area contributed by atoms with Gasteiger partial charge in [0.1, 0.15) is 5.78 Å². The van der Waals surface area contributed by atoms with Crippen molar-refractivity contribution in [2.75, 3.05) is 0 Å². The fourth-order valence-corrected chi connectivity index (χ4v) is 0. The zero-order valence-corrected chi connectivity index (χ0v) is 5.46. The van der Waals surface area contributed by atoms with Gasteiger partial charge in [-0.1, -0.05) is 6.92 Å². The molecule has 0 aromatic rings. The van der Waals surface area contributed by atoms with Gasteiger partial charge in [0.2, 0.25) is 0 Å². The van der Waals surface area contributed by atoms with Crippen molar-refractivity contribution >= 4 is 5.78 Å². The number of rotatable bonds is 1. The minimum absolute atomic E-state index is 0. The molecule has 0 atom stereocenters. The third-order valence-electron chi connectivity index (χ3n) is 0.498. The molecule has 1 radical (unpaired) electrons. The molecule has 0 spiro atoms. The van der Waals surface area contributed by atoms with Gasteiger partial charge in [-0.05, 0) is 6.92 Å². The molecule has 0 fully saturated rings. The van der Waals surface area contributed by atoms with Crippen LogP contribution in [-0.2, 0) is 23.4 Å². The molecule has 6 heavy (non-hydrogen) atoms. The Morgan fingerprint density at radius 1 is 1.67 bits per heavy atom. The molecule has 0 N–H and O–H groups in total. The fraction of sp³-hybridized carbons (Fsp3) is 0.750. The molecule has 0 saturated heterocycles. The number of carbonyl (C=O) groups excluding carboxylic acids is 1. The van der Waals surface area contributed by atoms with Crippen LogP contribution in [0.4, 0.5) is 0 Å². The summed E-state index contributed by atoms with van der Waals surface area (Å²) >= 11 is 0. The van der Waals surface area contributed by atoms with Crippen molar-refractivity contribution in [3.8, 4) is 0 Å². The summed E-state index contributed by atoms with van der Waals surface area (Å²) in [5.41, 5.74) is 0. The van der Waals surface area contributed by atoms with Gasteiger partial charge in [0.05, 0.1) is 0 Å². The van der Waals surface area contributed by atoms with E-state index in [2.05, 4.69) is 0 Å². The third-order valence-corrected chi connectivity index (χ3v) is 0.498. The summed E-state index contributed by atoms with van der Waals surface area (Å²) in [5.74, 6) is 0.255. The van der Waals surface area contributed by atoms with Crippen molar-refractivity contribution < 1.29 is 23.4 Å². The first-order valence-electron chi connectivity index (χ1n) is 1.76. The number of ketones is 1. The Morgan fingerprint density at radius 3 is 1.83 bits per heavy atom. The monoisotopic (exact) mass is 123 g/mol. The molecule has 0 unspecified atom stereocenters. The van der Waals surface area contributed by atoms with Crippen molar-refractivity contribution in [3.63, 3.8) is 0 Å². The quantitative estimate of drug-likeness (QED) is 0.508. The van der Waals surface area contributed by atoms with Crippen LogP contribution in [-0.4, -0.2) is 5.78 Å². The molecule has 1 nitrogen and oxygen atoms in total. The van der Waals surface area contributed by atoms with Crippen LogP contribution in [0, 0.1) is 0 Å². The summed E-state index contributed by atoms with van der Waals surface area (Å²) in [6.45, 7) is 3.43. The molecule has 0 rings (SSSR count). The average Bonchev–Trinajstić information content (AvgIpc) is 1.38. The third kappa shape index (κ3) is 8.87. The van der Waals surface area contributed by atoms with Crippen LogP contribution in [0.15, 0.2) is 0 Å². The van der Waals surface area contributed by atoms with Crippen molar-refractivity contribution in [2.24, 2.45) is 0 Å². The molecular formula is C4H8OV. The van der Waals surface area contributed by atoms with Crippen molar-refractivity contribution in [3.05, 3.63) is 0 Å². The molecule has 0 aromatic carbocycles. The van der Waals surface area contributed by atoms with E-state index in [1.807, 2.05) is 6.92 Å². The maximum absolute atomic E-state index is 9.81. The second kappa shape index (κ2) is 5.25. The Labute approximate surface area is 50.0 Å². The first-order chi connectivity index (χ1) is 2.27. The summed E-state index contributed by atoms with van der Waals surface area (Å²) in [6.07, 6.45) is 0.667. The smallest absolute Gasteiger partial charge is 0.129 e. The molecule has 0 heterocycles. The Kier molecular flexibility index (Phi) is 8.35. The van der Waals surface area contributed by atoms with Gasteiger partial charge in [-0.25, -0.2) is 0 Å². The van der Waals surface area contributed by atoms with Gasteiger partial charge in [0, 0.05) is 25.0 Å². The van der Waals surface area contributed by atoms with Gasteiger partial charge in [0.15, 0.2) is 0 Å². The Bertz CT molecular complexity index is 42.8. The van der Waals surface area contributed by atoms with E-state index in [1.165, 1.54) is 0 Å². The Hall–Kier alpha value is 0.254. The van der Waals surface area contributed by atoms with Crippen LogP contribution in [0.1, 0.15) is 20.3 Å². The topological polar surface area (TPSA) is 17.1 Å². The van der Waals surface area contributed by atoms with Gasteiger partial charge in [-0.15, -0.1) is 0 Å². The first-order valence-corrected chi connectivity index (χ1v) is 1.76. The number of hydrogen-bond donors (Lipinski definition) is 0. The van der Waals surface area contributed by atoms with Crippen molar-refractivity contribution in [1.29, 1.82) is 0 Å². The van der Waals surface area contributed by atoms with Gasteiger partial charge in [-0.3, -0.25) is 0 Å². The van der Waals surface area contributed by atoms with E-state index in [1.54, 1.807) is 6.92 Å². The van der Waals surface area contributed by atoms with Crippen LogP contribution in [0.3, 0.4) is 0 Å². The molecule has 0 bridgehead atoms. The van der Waals surface area contributed by atoms with E-state index < -0.39 is 0 Å². The Morgan fingerprint density at radius 2 is 1.83 bits per heavy atom. The zero-order chi connectivity index (χ0) is 4.28. The molecule has 35 valence electrons. The van der Waals surface area contributed by atoms with Crippen molar-refractivity contribution in [1.82, 2.24) is 0 Å². The van der Waals surface area contributed by atoms with E-state index in [-0.39, 0.29) is 24.3 Å². The Balaban J connectivity index is 0. The molecule has 0 aliphatic carbocycles. The van der Waals surface area contributed by atoms with Gasteiger partial charge >= 0.3 is 0 Å². The van der Waals surface area contributed by atoms with E-state index in [0.29, 0.717) is 6.42 Å². The van der Waals surface area contributed by atoms with E-state index in [9.17, 15) is 4.79 Å². The maximum Gasteiger partial charge on any atom is 0.129 e. The molecule has 2 heteroatoms. The van der Waals surface area contributed by atoms with E-state index in [0.717, 1.165) is 0 Å². The number of carbonyl (C=O) groups is 1. The minimum Gasteiger partial charge on any atom is -0.300 e. The summed E-state index contributed by atoms with van der Waals surface area (Å²) in [6, 6.07) is 0. The predicted octanol–water partition coefficient (Wildman–Crippen LogP) is 0.983. The van der Waals surface area contributed by atoms with Crippen LogP contribution < -0.4 is 0 Å². The van der Waals surface area contributed by atoms with Crippen LogP contribution in [0.2, 0.25) is 0 Å². The molecule has 0 aromatic heterocycles. The average molecular weight is 123 g/mol. The molecular weight excluding hydrogens is 115 g/mol. The maximum atomic E-state index is 9.81. The summed E-state index contributed by atoms with van der Waals surface area (Å²) < 4.78 is 0. The molecule has 0 saturated carbocycles. The van der Waals surface area contributed by atoms with Crippen LogP contribution >= 0.6 is 0 Å². The summed E-state index contributed by atoms with van der Waals surface area (Å²) in [7, 11) is 0. The standard InChI is InChI=1S/C4H8O.V/c1-3-4(2)5;/h3H2,1-2H3;. The molecule has 0 aliphatic rings. The molecule has 0 aliphatic heterocycles. The van der Waals surface area contributed by atoms with Crippen molar-refractivity contribution in [2.45, 2.75) is 20.3 Å². The van der Waals surface area contributed by atoms with Gasteiger partial charge in [0.25, 0.3) is 0 Å². The first kappa shape index (κ1) is 9.54. The number of hydrogen-bond acceptors (Lipinski definition) is 1. The predicted molar refractivity (Wildman–Crippen MR) is 21.0 cm³/mol. The van der Waals surface area contributed by atoms with Crippen LogP contribution in [0.25, 0.3) is 0 Å².